The molecule has 0 unspecified atom stereocenters. The van der Waals surface area contributed by atoms with Crippen molar-refractivity contribution in [3.05, 3.63) is 29.4 Å². The highest BCUT2D eigenvalue weighted by Crippen LogP contribution is 2.41. The van der Waals surface area contributed by atoms with Crippen molar-refractivity contribution < 1.29 is 14.4 Å². The van der Waals surface area contributed by atoms with Crippen molar-refractivity contribution in [2.75, 3.05) is 41.8 Å². The molecular weight excluding hydrogens is 642 g/mol. The summed E-state index contributed by atoms with van der Waals surface area (Å²) in [4.78, 5) is 23.3. The number of hydrogen-bond donors (Lipinski definition) is 1. The number of fused-ring (bicyclic) bond motifs is 6. The summed E-state index contributed by atoms with van der Waals surface area (Å²) in [6.45, 7) is 3.43. The van der Waals surface area contributed by atoms with E-state index in [1.54, 1.807) is 0 Å². The summed E-state index contributed by atoms with van der Waals surface area (Å²) in [5.41, 5.74) is 5.77. The predicted molar refractivity (Wildman–Crippen MR) is 137 cm³/mol. The van der Waals surface area contributed by atoms with Crippen molar-refractivity contribution in [3.63, 3.8) is 0 Å². The van der Waals surface area contributed by atoms with Crippen molar-refractivity contribution in [3.8, 4) is 11.5 Å². The van der Waals surface area contributed by atoms with Crippen LogP contribution in [-0.4, -0.2) is 53.3 Å². The number of hydrogen-bond acceptors (Lipinski definition) is 9. The smallest absolute Gasteiger partial charge is 0.367 e. The highest BCUT2D eigenvalue weighted by atomic mass is 127. The normalized spacial score (nSPS) is 22.4. The van der Waals surface area contributed by atoms with Crippen molar-refractivity contribution in [1.29, 1.82) is 0 Å². The lowest BCUT2D eigenvalue weighted by Gasteiger charge is -2.32. The van der Waals surface area contributed by atoms with Gasteiger partial charge in [-0.3, -0.25) is 0 Å². The molecule has 2 N–H and O–H groups in total. The zero-order valence-corrected chi connectivity index (χ0v) is 21.5. The van der Waals surface area contributed by atoms with E-state index in [2.05, 4.69) is 64.9 Å². The third-order valence-electron chi connectivity index (χ3n) is 6.15. The molecule has 32 heavy (non-hydrogen) atoms. The quantitative estimate of drug-likeness (QED) is 0.277. The Labute approximate surface area is 212 Å². The van der Waals surface area contributed by atoms with Crippen LogP contribution in [0.15, 0.2) is 12.1 Å². The molecule has 2 aromatic heterocycles. The largest absolute Gasteiger partial charge is 0.486 e. The molecule has 6 rings (SSSR count). The van der Waals surface area contributed by atoms with Gasteiger partial charge in [-0.1, -0.05) is 0 Å². The Morgan fingerprint density at radius 2 is 1.50 bits per heavy atom. The molecule has 0 bridgehead atoms. The van der Waals surface area contributed by atoms with Crippen molar-refractivity contribution in [2.45, 2.75) is 37.8 Å². The molecule has 6 heterocycles. The van der Waals surface area contributed by atoms with Crippen LogP contribution in [0.3, 0.4) is 0 Å². The van der Waals surface area contributed by atoms with Crippen LogP contribution in [0.25, 0.3) is 0 Å². The van der Waals surface area contributed by atoms with Crippen molar-refractivity contribution in [2.24, 2.45) is 0 Å². The van der Waals surface area contributed by atoms with Crippen LogP contribution in [0.5, 0.6) is 11.5 Å². The highest BCUT2D eigenvalue weighted by Gasteiger charge is 2.38. The second-order valence-corrected chi connectivity index (χ2v) is 10.5. The number of halogens is 2. The number of nitrogens with zero attached hydrogens (tertiary/aromatic N) is 5. The average Bonchev–Trinajstić information content (AvgIpc) is 3.43. The Balaban J connectivity index is 0.000000136. The third-order valence-corrected chi connectivity index (χ3v) is 7.75. The Morgan fingerprint density at radius 3 is 2.06 bits per heavy atom. The second-order valence-electron chi connectivity index (χ2n) is 8.15. The van der Waals surface area contributed by atoms with Gasteiger partial charge in [0.15, 0.2) is 11.6 Å². The summed E-state index contributed by atoms with van der Waals surface area (Å²) in [7, 11) is 0. The fourth-order valence-corrected chi connectivity index (χ4v) is 6.06. The average molecular weight is 664 g/mol. The van der Waals surface area contributed by atoms with Gasteiger partial charge in [0.2, 0.25) is 5.75 Å². The van der Waals surface area contributed by atoms with Crippen LogP contribution >= 0.6 is 45.2 Å². The molecule has 170 valence electrons. The first-order valence-electron chi connectivity index (χ1n) is 10.5. The van der Waals surface area contributed by atoms with E-state index in [9.17, 15) is 10.1 Å². The molecule has 4 aliphatic heterocycles. The Bertz CT molecular complexity index is 1070. The zero-order chi connectivity index (χ0) is 22.4. The van der Waals surface area contributed by atoms with Crippen molar-refractivity contribution >= 4 is 68.5 Å². The first-order chi connectivity index (χ1) is 15.4. The lowest BCUT2D eigenvalue weighted by atomic mass is 10.2. The molecule has 0 radical (unpaired) electrons. The molecule has 2 saturated heterocycles. The molecule has 2 fully saturated rings. The summed E-state index contributed by atoms with van der Waals surface area (Å²) >= 11 is 4.31. The van der Waals surface area contributed by atoms with E-state index in [-0.39, 0.29) is 5.82 Å². The molecule has 0 saturated carbocycles. The minimum atomic E-state index is -0.456. The van der Waals surface area contributed by atoms with Gasteiger partial charge in [-0.25, -0.2) is 4.98 Å². The summed E-state index contributed by atoms with van der Waals surface area (Å²) in [5.74, 6) is 3.64. The number of nitro groups is 1. The molecule has 0 aromatic carbocycles. The van der Waals surface area contributed by atoms with Gasteiger partial charge in [-0.05, 0) is 86.8 Å². The monoisotopic (exact) mass is 664 g/mol. The lowest BCUT2D eigenvalue weighted by Crippen LogP contribution is -2.39. The molecule has 0 amide bonds. The molecule has 2 atom stereocenters. The summed E-state index contributed by atoms with van der Waals surface area (Å²) in [6.07, 6.45) is 4.59. The van der Waals surface area contributed by atoms with E-state index in [4.69, 9.17) is 15.2 Å². The molecule has 12 heteroatoms. The summed E-state index contributed by atoms with van der Waals surface area (Å²) in [6, 6.07) is 4.14. The number of nitrogen functional groups attached to an aromatic ring is 1. The van der Waals surface area contributed by atoms with Gasteiger partial charge in [0, 0.05) is 13.1 Å². The first kappa shape index (κ1) is 22.0. The maximum atomic E-state index is 10.8. The van der Waals surface area contributed by atoms with Crippen LogP contribution < -0.4 is 25.0 Å². The van der Waals surface area contributed by atoms with E-state index >= 15 is 0 Å². The number of rotatable bonds is 1. The molecule has 10 nitrogen and oxygen atoms in total. The summed E-state index contributed by atoms with van der Waals surface area (Å²) in [5, 5.41) is 10.8. The lowest BCUT2D eigenvalue weighted by molar-refractivity contribution is -0.389. The Kier molecular flexibility index (Phi) is 6.07. The minimum absolute atomic E-state index is 0.107. The second kappa shape index (κ2) is 8.83. The molecule has 2 aromatic rings. The van der Waals surface area contributed by atoms with Gasteiger partial charge in [0.25, 0.3) is 5.82 Å². The van der Waals surface area contributed by atoms with E-state index in [0.717, 1.165) is 51.2 Å². The van der Waals surface area contributed by atoms with E-state index in [1.807, 2.05) is 6.07 Å². The van der Waals surface area contributed by atoms with Gasteiger partial charge in [0.1, 0.15) is 19.0 Å². The minimum Gasteiger partial charge on any atom is -0.486 e. The number of ether oxygens (including phenoxy) is 2. The first-order valence-corrected chi connectivity index (χ1v) is 12.7. The number of anilines is 3. The SMILES string of the molecule is Nc1cc(I)c2c(n1)N1CCC[C@H]1CO2.O=[N+]([O-])c1cc(I)c2c(n1)N1CCC[C@H]1CO2. The maximum absolute atomic E-state index is 10.8. The summed E-state index contributed by atoms with van der Waals surface area (Å²) < 4.78 is 13.2. The molecule has 4 aliphatic rings. The number of pyridine rings is 2. The van der Waals surface area contributed by atoms with Gasteiger partial charge >= 0.3 is 5.82 Å². The van der Waals surface area contributed by atoms with Gasteiger partial charge in [-0.2, -0.15) is 0 Å². The Morgan fingerprint density at radius 1 is 0.969 bits per heavy atom. The van der Waals surface area contributed by atoms with Gasteiger partial charge < -0.3 is 35.1 Å². The molecular formula is C20H22I2N6O4. The fourth-order valence-electron chi connectivity index (χ4n) is 4.67. The Hall–Kier alpha value is -1.84. The van der Waals surface area contributed by atoms with E-state index in [0.29, 0.717) is 36.1 Å². The van der Waals surface area contributed by atoms with Gasteiger partial charge in [-0.15, -0.1) is 0 Å². The van der Waals surface area contributed by atoms with Crippen LogP contribution in [0.2, 0.25) is 0 Å². The molecule has 0 spiro atoms. The van der Waals surface area contributed by atoms with Crippen LogP contribution in [0, 0.1) is 17.3 Å². The van der Waals surface area contributed by atoms with Crippen LogP contribution in [0.4, 0.5) is 23.3 Å². The van der Waals surface area contributed by atoms with Gasteiger partial charge in [0.05, 0.1) is 25.3 Å². The maximum Gasteiger partial charge on any atom is 0.367 e. The van der Waals surface area contributed by atoms with E-state index in [1.165, 1.54) is 18.9 Å². The van der Waals surface area contributed by atoms with Crippen LogP contribution in [0.1, 0.15) is 25.7 Å². The standard InChI is InChI=1S/C10H10IN3O3.C10H12IN3O/c11-7-4-8(14(15)16)12-10-9(7)17-5-6-2-1-3-13(6)10;11-7-4-8(12)13-10-9(7)15-5-6-2-1-3-14(6)10/h4,6H,1-3,5H2;4,6H,1-3,5H2,(H2,12,13)/t2*6-/m00/s1. The predicted octanol–water partition coefficient (Wildman–Crippen LogP) is 3.59. The van der Waals surface area contributed by atoms with Crippen LogP contribution in [-0.2, 0) is 0 Å². The number of nitrogens with two attached hydrogens (primary N) is 1. The highest BCUT2D eigenvalue weighted by molar-refractivity contribution is 14.1. The number of aromatic nitrogens is 2. The van der Waals surface area contributed by atoms with Crippen molar-refractivity contribution in [1.82, 2.24) is 9.97 Å². The fraction of sp³-hybridized carbons (Fsp3) is 0.500. The zero-order valence-electron chi connectivity index (χ0n) is 17.2. The molecule has 0 aliphatic carbocycles. The van der Waals surface area contributed by atoms with E-state index < -0.39 is 4.92 Å². The third kappa shape index (κ3) is 3.99. The topological polar surface area (TPSA) is 120 Å².